The minimum atomic E-state index is 0.849. The molecule has 0 saturated heterocycles. The summed E-state index contributed by atoms with van der Waals surface area (Å²) in [5.41, 5.74) is 0. The van der Waals surface area contributed by atoms with E-state index >= 15 is 0 Å². The average Bonchev–Trinajstić information content (AvgIpc) is 2.62. The van der Waals surface area contributed by atoms with Crippen LogP contribution in [0.3, 0.4) is 0 Å². The highest BCUT2D eigenvalue weighted by molar-refractivity contribution is 5.20. The topological polar surface area (TPSA) is 9.23 Å². The van der Waals surface area contributed by atoms with E-state index in [1.807, 2.05) is 24.3 Å². The fraction of sp³-hybridized carbons (Fsp3) is 0.739. The van der Waals surface area contributed by atoms with Crippen LogP contribution in [-0.4, -0.2) is 6.61 Å². The second-order valence-electron chi connectivity index (χ2n) is 7.03. The molecule has 1 rings (SSSR count). The average molecular weight is 332 g/mol. The molecule has 0 amide bonds. The highest BCUT2D eigenvalue weighted by atomic mass is 16.5. The summed E-state index contributed by atoms with van der Waals surface area (Å²) in [5, 5.41) is 0. The van der Waals surface area contributed by atoms with Gasteiger partial charge in [-0.25, -0.2) is 0 Å². The summed E-state index contributed by atoms with van der Waals surface area (Å²) in [7, 11) is 0. The van der Waals surface area contributed by atoms with Gasteiger partial charge in [0.2, 0.25) is 0 Å². The van der Waals surface area contributed by atoms with Crippen molar-refractivity contribution in [2.24, 2.45) is 0 Å². The Morgan fingerprint density at radius 3 is 1.50 bits per heavy atom. The predicted octanol–water partition coefficient (Wildman–Crippen LogP) is 7.74. The number of unbranched alkanes of at least 4 members (excludes halogenated alkanes) is 14. The Kier molecular flexibility index (Phi) is 14.8. The van der Waals surface area contributed by atoms with Crippen molar-refractivity contribution in [2.75, 3.05) is 6.61 Å². The van der Waals surface area contributed by atoms with Crippen LogP contribution in [0.15, 0.2) is 24.3 Å². The van der Waals surface area contributed by atoms with Crippen molar-refractivity contribution in [3.8, 4) is 5.75 Å². The molecule has 1 radical (unpaired) electrons. The zero-order valence-corrected chi connectivity index (χ0v) is 16.0. The summed E-state index contributed by atoms with van der Waals surface area (Å²) < 4.78 is 5.70. The van der Waals surface area contributed by atoms with Gasteiger partial charge >= 0.3 is 0 Å². The largest absolute Gasteiger partial charge is 0.494 e. The van der Waals surface area contributed by atoms with E-state index < -0.39 is 0 Å². The normalized spacial score (nSPS) is 10.9. The van der Waals surface area contributed by atoms with Crippen molar-refractivity contribution in [2.45, 2.75) is 103 Å². The molecule has 24 heavy (non-hydrogen) atoms. The Labute approximate surface area is 151 Å². The van der Waals surface area contributed by atoms with Gasteiger partial charge in [0.1, 0.15) is 5.75 Å². The number of benzene rings is 1. The highest BCUT2D eigenvalue weighted by Gasteiger charge is 1.95. The van der Waals surface area contributed by atoms with E-state index in [1.165, 1.54) is 96.3 Å². The maximum absolute atomic E-state index is 5.70. The van der Waals surface area contributed by atoms with Crippen molar-refractivity contribution in [1.29, 1.82) is 0 Å². The fourth-order valence-corrected chi connectivity index (χ4v) is 3.13. The molecular formula is C23H39O. The van der Waals surface area contributed by atoms with Gasteiger partial charge in [-0.1, -0.05) is 109 Å². The molecule has 1 aromatic carbocycles. The zero-order valence-electron chi connectivity index (χ0n) is 16.0. The summed E-state index contributed by atoms with van der Waals surface area (Å²) in [6.07, 6.45) is 21.1. The molecule has 0 N–H and O–H groups in total. The lowest BCUT2D eigenvalue weighted by atomic mass is 10.0. The first kappa shape index (κ1) is 21.1. The van der Waals surface area contributed by atoms with E-state index in [-0.39, 0.29) is 0 Å². The molecule has 0 aliphatic heterocycles. The third kappa shape index (κ3) is 13.5. The summed E-state index contributed by atoms with van der Waals surface area (Å²) in [6, 6.07) is 10.8. The van der Waals surface area contributed by atoms with Crippen LogP contribution < -0.4 is 4.74 Å². The molecule has 0 aromatic heterocycles. The molecule has 0 atom stereocenters. The molecule has 137 valence electrons. The minimum absolute atomic E-state index is 0.849. The predicted molar refractivity (Wildman–Crippen MR) is 106 cm³/mol. The Hall–Kier alpha value is -0.980. The van der Waals surface area contributed by atoms with Gasteiger partial charge in [0.05, 0.1) is 6.61 Å². The molecule has 0 unspecified atom stereocenters. The first-order valence-electron chi connectivity index (χ1n) is 10.5. The van der Waals surface area contributed by atoms with Crippen LogP contribution in [0.4, 0.5) is 0 Å². The van der Waals surface area contributed by atoms with Gasteiger partial charge in [0.25, 0.3) is 0 Å². The lowest BCUT2D eigenvalue weighted by Gasteiger charge is -2.06. The lowest BCUT2D eigenvalue weighted by Crippen LogP contribution is -1.96. The summed E-state index contributed by atoms with van der Waals surface area (Å²) in [6.45, 7) is 3.14. The minimum Gasteiger partial charge on any atom is -0.494 e. The van der Waals surface area contributed by atoms with Gasteiger partial charge in [0.15, 0.2) is 0 Å². The maximum Gasteiger partial charge on any atom is 0.119 e. The van der Waals surface area contributed by atoms with Gasteiger partial charge in [0, 0.05) is 0 Å². The molecule has 0 bridgehead atoms. The van der Waals surface area contributed by atoms with Gasteiger partial charge < -0.3 is 4.74 Å². The molecule has 0 saturated carbocycles. The number of ether oxygens (including phenoxy) is 1. The van der Waals surface area contributed by atoms with Gasteiger partial charge in [-0.05, 0) is 24.6 Å². The third-order valence-corrected chi connectivity index (χ3v) is 4.70. The van der Waals surface area contributed by atoms with Crippen LogP contribution in [0.2, 0.25) is 0 Å². The first-order chi connectivity index (χ1) is 11.9. The van der Waals surface area contributed by atoms with Crippen molar-refractivity contribution >= 4 is 0 Å². The van der Waals surface area contributed by atoms with E-state index in [0.29, 0.717) is 0 Å². The summed E-state index contributed by atoms with van der Waals surface area (Å²) in [4.78, 5) is 0. The molecule has 0 aliphatic rings. The lowest BCUT2D eigenvalue weighted by molar-refractivity contribution is 0.304. The smallest absolute Gasteiger partial charge is 0.119 e. The second kappa shape index (κ2) is 16.9. The highest BCUT2D eigenvalue weighted by Crippen LogP contribution is 2.14. The standard InChI is InChI=1S/C23H39O/c1-2-3-4-5-6-7-8-9-10-11-12-13-14-15-19-22-24-23-20-17-16-18-21-23/h17-18,20-21H,2-15,19,22H2,1H3. The van der Waals surface area contributed by atoms with E-state index in [4.69, 9.17) is 4.74 Å². The third-order valence-electron chi connectivity index (χ3n) is 4.70. The Morgan fingerprint density at radius 1 is 0.625 bits per heavy atom. The summed E-state index contributed by atoms with van der Waals surface area (Å²) in [5.74, 6) is 0.971. The fourth-order valence-electron chi connectivity index (χ4n) is 3.13. The van der Waals surface area contributed by atoms with E-state index in [2.05, 4.69) is 13.0 Å². The van der Waals surface area contributed by atoms with Crippen LogP contribution in [0.5, 0.6) is 5.75 Å². The molecule has 1 aromatic rings. The first-order valence-corrected chi connectivity index (χ1v) is 10.5. The van der Waals surface area contributed by atoms with Crippen molar-refractivity contribution < 1.29 is 4.74 Å². The van der Waals surface area contributed by atoms with Crippen LogP contribution in [0.1, 0.15) is 103 Å². The zero-order chi connectivity index (χ0) is 17.1. The van der Waals surface area contributed by atoms with E-state index in [1.54, 1.807) is 0 Å². The van der Waals surface area contributed by atoms with Gasteiger partial charge in [-0.15, -0.1) is 0 Å². The van der Waals surface area contributed by atoms with Crippen LogP contribution in [-0.2, 0) is 0 Å². The van der Waals surface area contributed by atoms with Crippen molar-refractivity contribution in [3.05, 3.63) is 30.3 Å². The number of rotatable bonds is 17. The number of hydrogen-bond acceptors (Lipinski definition) is 1. The number of hydrogen-bond donors (Lipinski definition) is 0. The Bertz CT molecular complexity index is 346. The van der Waals surface area contributed by atoms with Crippen molar-refractivity contribution in [3.63, 3.8) is 0 Å². The van der Waals surface area contributed by atoms with Crippen LogP contribution in [0, 0.1) is 6.07 Å². The monoisotopic (exact) mass is 331 g/mol. The molecule has 1 heteroatoms. The van der Waals surface area contributed by atoms with Crippen molar-refractivity contribution in [1.82, 2.24) is 0 Å². The molecule has 0 fully saturated rings. The molecule has 0 spiro atoms. The van der Waals surface area contributed by atoms with Gasteiger partial charge in [-0.2, -0.15) is 0 Å². The van der Waals surface area contributed by atoms with Crippen LogP contribution >= 0.6 is 0 Å². The quantitative estimate of drug-likeness (QED) is 0.265. The van der Waals surface area contributed by atoms with Crippen LogP contribution in [0.25, 0.3) is 0 Å². The molecule has 0 aliphatic carbocycles. The molecular weight excluding hydrogens is 292 g/mol. The molecule has 1 nitrogen and oxygen atoms in total. The van der Waals surface area contributed by atoms with Gasteiger partial charge in [-0.3, -0.25) is 0 Å². The summed E-state index contributed by atoms with van der Waals surface area (Å²) >= 11 is 0. The Morgan fingerprint density at radius 2 is 1.04 bits per heavy atom. The second-order valence-corrected chi connectivity index (χ2v) is 7.03. The van der Waals surface area contributed by atoms with E-state index in [9.17, 15) is 0 Å². The SMILES string of the molecule is CCCCCCCCCCCCCCCCCOc1cc[c]cc1. The van der Waals surface area contributed by atoms with E-state index in [0.717, 1.165) is 12.4 Å². The molecule has 0 heterocycles. The Balaban J connectivity index is 1.70. The maximum atomic E-state index is 5.70.